The quantitative estimate of drug-likeness (QED) is 0.849. The fourth-order valence-corrected chi connectivity index (χ4v) is 2.55. The number of nitrogens with one attached hydrogen (secondary N) is 1. The summed E-state index contributed by atoms with van der Waals surface area (Å²) in [6, 6.07) is 3.63. The molecule has 0 aliphatic carbocycles. The van der Waals surface area contributed by atoms with Crippen LogP contribution in [0, 0.1) is 11.6 Å². The maximum absolute atomic E-state index is 13.4. The lowest BCUT2D eigenvalue weighted by atomic mass is 10.1. The zero-order chi connectivity index (χ0) is 16.1. The summed E-state index contributed by atoms with van der Waals surface area (Å²) in [5, 5.41) is 3.33. The van der Waals surface area contributed by atoms with Gasteiger partial charge in [-0.25, -0.2) is 8.78 Å². The molecule has 22 heavy (non-hydrogen) atoms. The van der Waals surface area contributed by atoms with E-state index < -0.39 is 11.6 Å². The van der Waals surface area contributed by atoms with Crippen molar-refractivity contribution in [1.29, 1.82) is 0 Å². The number of piperazine rings is 1. The van der Waals surface area contributed by atoms with E-state index in [1.165, 1.54) is 6.07 Å². The van der Waals surface area contributed by atoms with E-state index in [4.69, 9.17) is 4.74 Å². The van der Waals surface area contributed by atoms with Gasteiger partial charge in [0.15, 0.2) is 11.6 Å². The lowest BCUT2D eigenvalue weighted by Crippen LogP contribution is -2.57. The molecule has 0 aromatic heterocycles. The molecule has 2 unspecified atom stereocenters. The largest absolute Gasteiger partial charge is 0.491 e. The highest BCUT2D eigenvalue weighted by Crippen LogP contribution is 2.18. The minimum atomic E-state index is -0.726. The number of rotatable bonds is 5. The van der Waals surface area contributed by atoms with Gasteiger partial charge in [0, 0.05) is 37.7 Å². The van der Waals surface area contributed by atoms with E-state index in [0.717, 1.165) is 18.7 Å². The molecule has 2 rings (SSSR count). The summed E-state index contributed by atoms with van der Waals surface area (Å²) >= 11 is 0. The van der Waals surface area contributed by atoms with Crippen LogP contribution in [0.25, 0.3) is 0 Å². The predicted octanol–water partition coefficient (Wildman–Crippen LogP) is 2.33. The van der Waals surface area contributed by atoms with Crippen LogP contribution in [0.3, 0.4) is 0 Å². The topological polar surface area (TPSA) is 41.6 Å². The average Bonchev–Trinajstić information content (AvgIpc) is 2.48. The molecule has 0 bridgehead atoms. The van der Waals surface area contributed by atoms with Gasteiger partial charge in [0.05, 0.1) is 6.61 Å². The zero-order valence-corrected chi connectivity index (χ0v) is 12.9. The summed E-state index contributed by atoms with van der Waals surface area (Å²) in [5.41, 5.74) is 0. The predicted molar refractivity (Wildman–Crippen MR) is 79.7 cm³/mol. The highest BCUT2D eigenvalue weighted by atomic mass is 19.1. The molecule has 1 N–H and O–H groups in total. The highest BCUT2D eigenvalue weighted by Gasteiger charge is 2.27. The Hall–Kier alpha value is -1.69. The number of carbonyl (C=O) groups is 1. The number of hydrogen-bond donors (Lipinski definition) is 1. The minimum Gasteiger partial charge on any atom is -0.491 e. The number of hydrogen-bond acceptors (Lipinski definition) is 3. The van der Waals surface area contributed by atoms with Crippen molar-refractivity contribution in [2.24, 2.45) is 0 Å². The SMILES string of the molecule is CC1NCCN(C(=O)CCCOc2ccc(F)cc2F)C1C. The van der Waals surface area contributed by atoms with Crippen molar-refractivity contribution < 1.29 is 18.3 Å². The molecular weight excluding hydrogens is 290 g/mol. The lowest BCUT2D eigenvalue weighted by Gasteiger charge is -2.38. The summed E-state index contributed by atoms with van der Waals surface area (Å²) in [6.07, 6.45) is 0.862. The molecule has 122 valence electrons. The average molecular weight is 312 g/mol. The lowest BCUT2D eigenvalue weighted by molar-refractivity contribution is -0.135. The Kier molecular flexibility index (Phi) is 5.71. The molecule has 4 nitrogen and oxygen atoms in total. The summed E-state index contributed by atoms with van der Waals surface area (Å²) in [6.45, 7) is 5.82. The summed E-state index contributed by atoms with van der Waals surface area (Å²) in [4.78, 5) is 14.1. The Morgan fingerprint density at radius 1 is 1.41 bits per heavy atom. The monoisotopic (exact) mass is 312 g/mol. The van der Waals surface area contributed by atoms with Crippen molar-refractivity contribution in [3.63, 3.8) is 0 Å². The normalized spacial score (nSPS) is 21.7. The molecule has 1 fully saturated rings. The fraction of sp³-hybridized carbons (Fsp3) is 0.562. The molecule has 2 atom stereocenters. The number of carbonyl (C=O) groups excluding carboxylic acids is 1. The van der Waals surface area contributed by atoms with Gasteiger partial charge in [-0.2, -0.15) is 0 Å². The van der Waals surface area contributed by atoms with Crippen molar-refractivity contribution in [1.82, 2.24) is 10.2 Å². The standard InChI is InChI=1S/C16H22F2N2O2/c1-11-12(2)20(8-7-19-11)16(21)4-3-9-22-15-6-5-13(17)10-14(15)18/h5-6,10-12,19H,3-4,7-9H2,1-2H3. The molecular formula is C16H22F2N2O2. The first kappa shape index (κ1) is 16.7. The molecule has 1 heterocycles. The first-order chi connectivity index (χ1) is 10.5. The zero-order valence-electron chi connectivity index (χ0n) is 12.9. The van der Waals surface area contributed by atoms with E-state index in [1.807, 2.05) is 11.8 Å². The molecule has 1 aromatic rings. The van der Waals surface area contributed by atoms with Crippen molar-refractivity contribution in [2.45, 2.75) is 38.8 Å². The smallest absolute Gasteiger partial charge is 0.223 e. The molecule has 6 heteroatoms. The van der Waals surface area contributed by atoms with Crippen LogP contribution >= 0.6 is 0 Å². The van der Waals surface area contributed by atoms with Crippen LogP contribution < -0.4 is 10.1 Å². The minimum absolute atomic E-state index is 0.0120. The summed E-state index contributed by atoms with van der Waals surface area (Å²) in [7, 11) is 0. The van der Waals surface area contributed by atoms with Gasteiger partial charge in [-0.1, -0.05) is 0 Å². The summed E-state index contributed by atoms with van der Waals surface area (Å²) < 4.78 is 31.4. The van der Waals surface area contributed by atoms with E-state index >= 15 is 0 Å². The van der Waals surface area contributed by atoms with Crippen LogP contribution in [0.15, 0.2) is 18.2 Å². The van der Waals surface area contributed by atoms with E-state index in [-0.39, 0.29) is 30.3 Å². The van der Waals surface area contributed by atoms with Crippen LogP contribution in [0.1, 0.15) is 26.7 Å². The molecule has 1 amide bonds. The van der Waals surface area contributed by atoms with Crippen molar-refractivity contribution in [2.75, 3.05) is 19.7 Å². The van der Waals surface area contributed by atoms with Gasteiger partial charge in [-0.15, -0.1) is 0 Å². The molecule has 0 spiro atoms. The van der Waals surface area contributed by atoms with Gasteiger partial charge < -0.3 is 15.0 Å². The second kappa shape index (κ2) is 7.54. The fourth-order valence-electron chi connectivity index (χ4n) is 2.55. The Balaban J connectivity index is 1.75. The second-order valence-electron chi connectivity index (χ2n) is 5.60. The number of nitrogens with zero attached hydrogens (tertiary/aromatic N) is 1. The van der Waals surface area contributed by atoms with E-state index in [2.05, 4.69) is 12.2 Å². The van der Waals surface area contributed by atoms with Crippen LogP contribution in [0.4, 0.5) is 8.78 Å². The maximum Gasteiger partial charge on any atom is 0.223 e. The van der Waals surface area contributed by atoms with Crippen LogP contribution in [-0.2, 0) is 4.79 Å². The first-order valence-electron chi connectivity index (χ1n) is 7.59. The third-order valence-corrected chi connectivity index (χ3v) is 4.04. The van der Waals surface area contributed by atoms with Crippen molar-refractivity contribution >= 4 is 5.91 Å². The number of benzene rings is 1. The molecule has 1 saturated heterocycles. The Morgan fingerprint density at radius 2 is 2.18 bits per heavy atom. The van der Waals surface area contributed by atoms with Gasteiger partial charge in [0.2, 0.25) is 5.91 Å². The van der Waals surface area contributed by atoms with E-state index in [1.54, 1.807) is 0 Å². The molecule has 0 radical (unpaired) electrons. The number of halogens is 2. The van der Waals surface area contributed by atoms with Gasteiger partial charge in [-0.05, 0) is 32.4 Å². The molecule has 1 aromatic carbocycles. The van der Waals surface area contributed by atoms with Gasteiger partial charge >= 0.3 is 0 Å². The Bertz CT molecular complexity index is 525. The van der Waals surface area contributed by atoms with Crippen molar-refractivity contribution in [3.8, 4) is 5.75 Å². The highest BCUT2D eigenvalue weighted by molar-refractivity contribution is 5.76. The molecule has 1 aliphatic rings. The molecule has 0 saturated carbocycles. The Morgan fingerprint density at radius 3 is 2.91 bits per heavy atom. The Labute approximate surface area is 129 Å². The van der Waals surface area contributed by atoms with Crippen LogP contribution in [-0.4, -0.2) is 42.6 Å². The van der Waals surface area contributed by atoms with Crippen molar-refractivity contribution in [3.05, 3.63) is 29.8 Å². The molecule has 1 aliphatic heterocycles. The first-order valence-corrected chi connectivity index (χ1v) is 7.59. The second-order valence-corrected chi connectivity index (χ2v) is 5.60. The van der Waals surface area contributed by atoms with E-state index in [9.17, 15) is 13.6 Å². The number of ether oxygens (including phenoxy) is 1. The summed E-state index contributed by atoms with van der Waals surface area (Å²) in [5.74, 6) is -1.26. The van der Waals surface area contributed by atoms with Crippen LogP contribution in [0.5, 0.6) is 5.75 Å². The van der Waals surface area contributed by atoms with Gasteiger partial charge in [-0.3, -0.25) is 4.79 Å². The third kappa shape index (κ3) is 4.16. The van der Waals surface area contributed by atoms with Gasteiger partial charge in [0.1, 0.15) is 5.82 Å². The van der Waals surface area contributed by atoms with Gasteiger partial charge in [0.25, 0.3) is 0 Å². The van der Waals surface area contributed by atoms with Crippen LogP contribution in [0.2, 0.25) is 0 Å². The third-order valence-electron chi connectivity index (χ3n) is 4.04. The number of amides is 1. The maximum atomic E-state index is 13.4. The van der Waals surface area contributed by atoms with E-state index in [0.29, 0.717) is 19.4 Å².